The van der Waals surface area contributed by atoms with E-state index < -0.39 is 0 Å². The van der Waals surface area contributed by atoms with Crippen LogP contribution in [0.15, 0.2) is 0 Å². The van der Waals surface area contributed by atoms with Crippen molar-refractivity contribution in [2.75, 3.05) is 52.4 Å². The van der Waals surface area contributed by atoms with Crippen molar-refractivity contribution in [2.45, 2.75) is 258 Å². The minimum atomic E-state index is -0.197. The molecule has 0 radical (unpaired) electrons. The third-order valence-corrected chi connectivity index (χ3v) is 11.7. The first-order valence-electron chi connectivity index (χ1n) is 25.6. The van der Waals surface area contributed by atoms with E-state index in [1.54, 1.807) is 0 Å². The number of carbonyl (C=O) groups excluding carboxylic acids is 1. The SMILES string of the molecule is CCCCCCCCCCCCCCCCCCN(CCCCCCCCCCCCCCCCCC)NC(C)C(=O)NCCCNCCCCNCCCN. The lowest BCUT2D eigenvalue weighted by atomic mass is 10.0. The Morgan fingerprint density at radius 3 is 1.05 bits per heavy atom. The van der Waals surface area contributed by atoms with Crippen LogP contribution >= 0.6 is 0 Å². The van der Waals surface area contributed by atoms with Gasteiger partial charge in [-0.2, -0.15) is 0 Å². The van der Waals surface area contributed by atoms with E-state index in [1.807, 2.05) is 6.92 Å². The van der Waals surface area contributed by atoms with E-state index in [2.05, 4.69) is 40.2 Å². The Labute approximate surface area is 352 Å². The van der Waals surface area contributed by atoms with Crippen molar-refractivity contribution < 1.29 is 4.79 Å². The third kappa shape index (κ3) is 44.4. The minimum absolute atomic E-state index is 0.123. The maximum Gasteiger partial charge on any atom is 0.238 e. The van der Waals surface area contributed by atoms with Gasteiger partial charge in [-0.3, -0.25) is 4.79 Å². The quantitative estimate of drug-likeness (QED) is 0.0311. The average Bonchev–Trinajstić information content (AvgIpc) is 3.20. The number of nitrogens with two attached hydrogens (primary N) is 1. The van der Waals surface area contributed by atoms with Crippen LogP contribution in [-0.2, 0) is 4.79 Å². The smallest absolute Gasteiger partial charge is 0.238 e. The summed E-state index contributed by atoms with van der Waals surface area (Å²) >= 11 is 0. The van der Waals surface area contributed by atoms with Crippen molar-refractivity contribution in [1.82, 2.24) is 26.4 Å². The molecule has 0 spiro atoms. The number of amides is 1. The number of carbonyl (C=O) groups is 1. The molecule has 336 valence electrons. The molecule has 7 nitrogen and oxygen atoms in total. The second-order valence-electron chi connectivity index (χ2n) is 17.4. The molecular formula is C49H104N6O. The third-order valence-electron chi connectivity index (χ3n) is 11.7. The summed E-state index contributed by atoms with van der Waals surface area (Å²) < 4.78 is 0. The molecule has 0 bridgehead atoms. The Bertz CT molecular complexity index is 703. The highest BCUT2D eigenvalue weighted by Gasteiger charge is 2.15. The predicted octanol–water partition coefficient (Wildman–Crippen LogP) is 12.5. The monoisotopic (exact) mass is 793 g/mol. The molecule has 1 unspecified atom stereocenters. The second kappa shape index (κ2) is 48.6. The fourth-order valence-corrected chi connectivity index (χ4v) is 7.83. The van der Waals surface area contributed by atoms with E-state index in [1.165, 1.54) is 218 Å². The lowest BCUT2D eigenvalue weighted by Crippen LogP contribution is -2.51. The van der Waals surface area contributed by atoms with E-state index in [0.29, 0.717) is 0 Å². The van der Waals surface area contributed by atoms with Crippen LogP contribution in [0.5, 0.6) is 0 Å². The summed E-state index contributed by atoms with van der Waals surface area (Å²) in [6.45, 7) is 14.3. The molecule has 56 heavy (non-hydrogen) atoms. The maximum absolute atomic E-state index is 13.0. The molecule has 0 aliphatic rings. The number of nitrogens with zero attached hydrogens (tertiary/aromatic N) is 1. The summed E-state index contributed by atoms with van der Waals surface area (Å²) in [7, 11) is 0. The molecule has 0 aliphatic carbocycles. The lowest BCUT2D eigenvalue weighted by Gasteiger charge is -2.27. The zero-order chi connectivity index (χ0) is 40.7. The Hall–Kier alpha value is -0.730. The van der Waals surface area contributed by atoms with Gasteiger partial charge in [0.25, 0.3) is 0 Å². The zero-order valence-corrected chi connectivity index (χ0v) is 38.6. The van der Waals surface area contributed by atoms with Crippen LogP contribution in [0, 0.1) is 0 Å². The van der Waals surface area contributed by atoms with Crippen LogP contribution < -0.4 is 27.1 Å². The van der Waals surface area contributed by atoms with Gasteiger partial charge in [0.05, 0.1) is 6.04 Å². The van der Waals surface area contributed by atoms with Gasteiger partial charge in [0.15, 0.2) is 0 Å². The topological polar surface area (TPSA) is 94.5 Å². The van der Waals surface area contributed by atoms with Gasteiger partial charge in [-0.1, -0.05) is 206 Å². The largest absolute Gasteiger partial charge is 0.355 e. The van der Waals surface area contributed by atoms with Crippen molar-refractivity contribution in [1.29, 1.82) is 0 Å². The van der Waals surface area contributed by atoms with Crippen LogP contribution in [0.25, 0.3) is 0 Å². The second-order valence-corrected chi connectivity index (χ2v) is 17.4. The van der Waals surface area contributed by atoms with Gasteiger partial charge in [0.1, 0.15) is 0 Å². The number of hydrogen-bond donors (Lipinski definition) is 5. The van der Waals surface area contributed by atoms with Gasteiger partial charge < -0.3 is 21.7 Å². The van der Waals surface area contributed by atoms with E-state index in [4.69, 9.17) is 5.73 Å². The van der Waals surface area contributed by atoms with Crippen LogP contribution in [0.4, 0.5) is 0 Å². The first kappa shape index (κ1) is 55.3. The number of hydrazine groups is 1. The number of rotatable bonds is 49. The molecule has 0 aromatic carbocycles. The molecular weight excluding hydrogens is 689 g/mol. The highest BCUT2D eigenvalue weighted by molar-refractivity contribution is 5.81. The molecule has 1 amide bonds. The lowest BCUT2D eigenvalue weighted by molar-refractivity contribution is -0.124. The Kier molecular flexibility index (Phi) is 48.0. The van der Waals surface area contributed by atoms with E-state index in [-0.39, 0.29) is 11.9 Å². The molecule has 0 aliphatic heterocycles. The fourth-order valence-electron chi connectivity index (χ4n) is 7.83. The summed E-state index contributed by atoms with van der Waals surface area (Å²) in [6.07, 6.45) is 49.1. The van der Waals surface area contributed by atoms with E-state index in [9.17, 15) is 4.79 Å². The number of nitrogens with one attached hydrogen (secondary N) is 4. The normalized spacial score (nSPS) is 12.2. The van der Waals surface area contributed by atoms with Crippen LogP contribution in [0.3, 0.4) is 0 Å². The van der Waals surface area contributed by atoms with E-state index >= 15 is 0 Å². The maximum atomic E-state index is 13.0. The molecule has 0 fully saturated rings. The first-order valence-corrected chi connectivity index (χ1v) is 25.6. The summed E-state index contributed by atoms with van der Waals surface area (Å²) in [5, 5.41) is 12.5. The molecule has 0 saturated carbocycles. The van der Waals surface area contributed by atoms with Crippen molar-refractivity contribution in [3.63, 3.8) is 0 Å². The zero-order valence-electron chi connectivity index (χ0n) is 38.6. The Morgan fingerprint density at radius 2 is 0.714 bits per heavy atom. The van der Waals surface area contributed by atoms with Crippen LogP contribution in [0.1, 0.15) is 252 Å². The van der Waals surface area contributed by atoms with E-state index in [0.717, 1.165) is 65.2 Å². The summed E-state index contributed by atoms with van der Waals surface area (Å²) in [5.74, 6) is 0.123. The molecule has 1 atom stereocenters. The Morgan fingerprint density at radius 1 is 0.411 bits per heavy atom. The van der Waals surface area contributed by atoms with Gasteiger partial charge in [-0.25, -0.2) is 10.4 Å². The molecule has 0 rings (SSSR count). The van der Waals surface area contributed by atoms with Gasteiger partial charge in [0, 0.05) is 19.6 Å². The van der Waals surface area contributed by atoms with Gasteiger partial charge in [-0.05, 0) is 78.2 Å². The Balaban J connectivity index is 4.18. The summed E-state index contributed by atoms with van der Waals surface area (Å²) in [6, 6.07) is -0.197. The molecule has 0 aromatic heterocycles. The molecule has 7 heteroatoms. The number of unbranched alkanes of at least 4 members (excludes halogenated alkanes) is 31. The predicted molar refractivity (Wildman–Crippen MR) is 250 cm³/mol. The summed E-state index contributed by atoms with van der Waals surface area (Å²) in [4.78, 5) is 13.0. The highest BCUT2D eigenvalue weighted by Crippen LogP contribution is 2.16. The first-order chi connectivity index (χ1) is 27.7. The molecule has 0 saturated heterocycles. The summed E-state index contributed by atoms with van der Waals surface area (Å²) in [5.41, 5.74) is 9.15. The molecule has 6 N–H and O–H groups in total. The number of hydrogen-bond acceptors (Lipinski definition) is 6. The van der Waals surface area contributed by atoms with Crippen molar-refractivity contribution in [2.24, 2.45) is 5.73 Å². The fraction of sp³-hybridized carbons (Fsp3) is 0.980. The van der Waals surface area contributed by atoms with Gasteiger partial charge in [0.2, 0.25) is 5.91 Å². The highest BCUT2D eigenvalue weighted by atomic mass is 16.2. The van der Waals surface area contributed by atoms with Gasteiger partial charge >= 0.3 is 0 Å². The van der Waals surface area contributed by atoms with Crippen LogP contribution in [0.2, 0.25) is 0 Å². The molecule has 0 heterocycles. The standard InChI is InChI=1S/C49H104N6O/c1-4-6-8-10-12-14-16-18-20-22-24-26-28-30-32-36-46-55(47-37-33-31-29-27-25-23-21-19-17-15-13-11-9-7-5-2)54-48(3)49(56)53-45-39-44-52-42-35-34-41-51-43-38-40-50/h48,51-52,54H,4-47,50H2,1-3H3,(H,53,56). The van der Waals surface area contributed by atoms with Crippen molar-refractivity contribution >= 4 is 5.91 Å². The van der Waals surface area contributed by atoms with Crippen molar-refractivity contribution in [3.8, 4) is 0 Å². The average molecular weight is 793 g/mol. The van der Waals surface area contributed by atoms with Gasteiger partial charge in [-0.15, -0.1) is 0 Å². The minimum Gasteiger partial charge on any atom is -0.355 e. The van der Waals surface area contributed by atoms with Crippen LogP contribution in [-0.4, -0.2) is 69.3 Å². The molecule has 0 aromatic rings. The van der Waals surface area contributed by atoms with Crippen molar-refractivity contribution in [3.05, 3.63) is 0 Å².